The van der Waals surface area contributed by atoms with Crippen LogP contribution < -0.4 is 9.80 Å². The van der Waals surface area contributed by atoms with E-state index in [2.05, 4.69) is 553 Å². The lowest BCUT2D eigenvalue weighted by Crippen LogP contribution is -2.11. The Morgan fingerprint density at radius 1 is 0.132 bits per heavy atom. The van der Waals surface area contributed by atoms with E-state index in [0.717, 1.165) is 50.8 Å². The van der Waals surface area contributed by atoms with Crippen molar-refractivity contribution >= 4 is 142 Å². The zero-order valence-electron chi connectivity index (χ0n) is 74.6. The van der Waals surface area contributed by atoms with E-state index in [1.54, 1.807) is 0 Å². The highest BCUT2D eigenvalue weighted by Crippen LogP contribution is 2.53. The van der Waals surface area contributed by atoms with Gasteiger partial charge in [0.05, 0.1) is 33.4 Å². The molecular weight excluding hydrogens is 1640 g/mol. The van der Waals surface area contributed by atoms with E-state index < -0.39 is 0 Å². The van der Waals surface area contributed by atoms with Gasteiger partial charge >= 0.3 is 0 Å². The van der Waals surface area contributed by atoms with Crippen molar-refractivity contribution in [1.82, 2.24) is 9.13 Å². The SMILES string of the molecule is c1ccc(-c2c3ccccc3c(N(c3ccccc3)c3ccc(-n4c5ccc(-c6cccc7ccccc67)cc5c5cc(-c6cccc7ccccc67)ccc54)cc3)c3ccccc23)cc1.c1ccc(-c2ccccc2-c2ccc3c(c2)c2cc(-c4ccccc4-c4ccccc4)ccc2n3-c2ccc(N(c3ccccc3)c3c4ccccc4c(-c4ccccc4)c4ccccc34)cc2)cc1. The maximum Gasteiger partial charge on any atom is 0.0618 e. The molecule has 0 aliphatic rings. The molecule has 26 aromatic rings. The van der Waals surface area contributed by atoms with Crippen LogP contribution in [0, 0.1) is 0 Å². The molecule has 0 amide bonds. The second kappa shape index (κ2) is 34.4. The fraction of sp³-hybridized carbons (Fsp3) is 0. The first-order chi connectivity index (χ1) is 67.5. The van der Waals surface area contributed by atoms with E-state index in [-0.39, 0.29) is 0 Å². The summed E-state index contributed by atoms with van der Waals surface area (Å²) in [6, 6.07) is 195. The van der Waals surface area contributed by atoms with Gasteiger partial charge in [0.15, 0.2) is 0 Å². The third kappa shape index (κ3) is 14.1. The van der Waals surface area contributed by atoms with Gasteiger partial charge in [-0.05, 0) is 253 Å². The first-order valence-corrected chi connectivity index (χ1v) is 46.8. The molecule has 0 fully saturated rings. The van der Waals surface area contributed by atoms with Crippen molar-refractivity contribution in [2.45, 2.75) is 0 Å². The van der Waals surface area contributed by atoms with Crippen LogP contribution in [-0.2, 0) is 0 Å². The molecule has 136 heavy (non-hydrogen) atoms. The summed E-state index contributed by atoms with van der Waals surface area (Å²) in [5.41, 5.74) is 33.0. The fourth-order valence-electron chi connectivity index (χ4n) is 21.4. The number of rotatable bonds is 16. The number of para-hydroxylation sites is 2. The number of aromatic nitrogens is 2. The topological polar surface area (TPSA) is 16.3 Å². The predicted octanol–water partition coefficient (Wildman–Crippen LogP) is 36.8. The van der Waals surface area contributed by atoms with Crippen molar-refractivity contribution in [2.24, 2.45) is 0 Å². The molecule has 0 saturated carbocycles. The van der Waals surface area contributed by atoms with Gasteiger partial charge in [-0.2, -0.15) is 0 Å². The molecule has 0 aliphatic carbocycles. The van der Waals surface area contributed by atoms with Gasteiger partial charge in [-0.1, -0.05) is 413 Å². The van der Waals surface area contributed by atoms with Crippen molar-refractivity contribution in [1.29, 1.82) is 0 Å². The number of hydrogen-bond donors (Lipinski definition) is 0. The van der Waals surface area contributed by atoms with Gasteiger partial charge in [0.1, 0.15) is 0 Å². The predicted molar refractivity (Wildman–Crippen MR) is 579 cm³/mol. The molecule has 0 bridgehead atoms. The van der Waals surface area contributed by atoms with Gasteiger partial charge < -0.3 is 18.9 Å². The maximum absolute atomic E-state index is 2.45. The Morgan fingerprint density at radius 3 is 0.662 bits per heavy atom. The van der Waals surface area contributed by atoms with Crippen LogP contribution in [0.1, 0.15) is 0 Å². The molecule has 0 unspecified atom stereocenters. The molecule has 0 aliphatic heterocycles. The van der Waals surface area contributed by atoms with Crippen LogP contribution in [0.2, 0.25) is 0 Å². The summed E-state index contributed by atoms with van der Waals surface area (Å²) in [6.07, 6.45) is 0. The average Bonchev–Trinajstić information content (AvgIpc) is 1.31. The third-order valence-corrected chi connectivity index (χ3v) is 27.5. The smallest absolute Gasteiger partial charge is 0.0618 e. The quantitative estimate of drug-likeness (QED) is 0.0897. The maximum atomic E-state index is 2.45. The van der Waals surface area contributed by atoms with Crippen molar-refractivity contribution < 1.29 is 0 Å². The lowest BCUT2D eigenvalue weighted by atomic mass is 9.90. The molecule has 0 atom stereocenters. The highest BCUT2D eigenvalue weighted by atomic mass is 15.2. The second-order valence-corrected chi connectivity index (χ2v) is 35.2. The number of anilines is 6. The number of benzene rings is 24. The van der Waals surface area contributed by atoms with Gasteiger partial charge in [-0.3, -0.25) is 0 Å². The third-order valence-electron chi connectivity index (χ3n) is 27.5. The van der Waals surface area contributed by atoms with E-state index in [4.69, 9.17) is 0 Å². The summed E-state index contributed by atoms with van der Waals surface area (Å²) in [5.74, 6) is 0. The van der Waals surface area contributed by atoms with Crippen LogP contribution in [0.25, 0.3) is 209 Å². The van der Waals surface area contributed by atoms with Gasteiger partial charge in [-0.25, -0.2) is 0 Å². The lowest BCUT2D eigenvalue weighted by molar-refractivity contribution is 1.17. The molecule has 2 aromatic heterocycles. The van der Waals surface area contributed by atoms with Crippen LogP contribution in [0.3, 0.4) is 0 Å². The first kappa shape index (κ1) is 80.1. The summed E-state index contributed by atoms with van der Waals surface area (Å²) in [6.45, 7) is 0. The fourth-order valence-corrected chi connectivity index (χ4v) is 21.4. The Bertz CT molecular complexity index is 8660. The van der Waals surface area contributed by atoms with Crippen LogP contribution >= 0.6 is 0 Å². The number of fused-ring (bicyclic) bond motifs is 12. The van der Waals surface area contributed by atoms with E-state index >= 15 is 0 Å². The molecule has 26 rings (SSSR count). The van der Waals surface area contributed by atoms with E-state index in [9.17, 15) is 0 Å². The molecule has 0 radical (unpaired) electrons. The van der Waals surface area contributed by atoms with E-state index in [1.807, 2.05) is 0 Å². The molecule has 24 aromatic carbocycles. The van der Waals surface area contributed by atoms with Crippen molar-refractivity contribution in [3.8, 4) is 100 Å². The van der Waals surface area contributed by atoms with Crippen LogP contribution in [-0.4, -0.2) is 9.13 Å². The molecule has 4 nitrogen and oxygen atoms in total. The second-order valence-electron chi connectivity index (χ2n) is 35.2. The Balaban J connectivity index is 0.000000145. The summed E-state index contributed by atoms with van der Waals surface area (Å²) in [5, 5.41) is 19.6. The minimum absolute atomic E-state index is 1.08. The van der Waals surface area contributed by atoms with Crippen LogP contribution in [0.15, 0.2) is 534 Å². The van der Waals surface area contributed by atoms with Gasteiger partial charge in [-0.15, -0.1) is 0 Å². The Labute approximate surface area is 789 Å². The molecular formula is C132H88N4. The molecule has 0 N–H and O–H groups in total. The molecule has 0 spiro atoms. The van der Waals surface area contributed by atoms with E-state index in [0.29, 0.717) is 0 Å². The monoisotopic (exact) mass is 1730 g/mol. The Kier molecular flexibility index (Phi) is 20.3. The molecule has 4 heteroatoms. The number of hydrogen-bond acceptors (Lipinski definition) is 2. The normalized spacial score (nSPS) is 11.5. The van der Waals surface area contributed by atoms with Crippen LogP contribution in [0.4, 0.5) is 34.1 Å². The summed E-state index contributed by atoms with van der Waals surface area (Å²) in [7, 11) is 0. The van der Waals surface area contributed by atoms with Gasteiger partial charge in [0, 0.05) is 77.2 Å². The summed E-state index contributed by atoms with van der Waals surface area (Å²) < 4.78 is 4.89. The molecule has 636 valence electrons. The summed E-state index contributed by atoms with van der Waals surface area (Å²) >= 11 is 0. The van der Waals surface area contributed by atoms with Crippen molar-refractivity contribution in [3.05, 3.63) is 534 Å². The minimum atomic E-state index is 1.08. The first-order valence-electron chi connectivity index (χ1n) is 46.8. The highest BCUT2D eigenvalue weighted by Gasteiger charge is 2.28. The van der Waals surface area contributed by atoms with Gasteiger partial charge in [0.25, 0.3) is 0 Å². The van der Waals surface area contributed by atoms with Crippen molar-refractivity contribution in [2.75, 3.05) is 9.80 Å². The molecule has 0 saturated heterocycles. The zero-order valence-corrected chi connectivity index (χ0v) is 74.6. The lowest BCUT2D eigenvalue weighted by Gasteiger charge is -2.29. The standard InChI is InChI=1S/C68H46N2.C64H42N2/c1-5-21-47(22-6-1)55-29-13-15-31-57(55)50-37-43-65-63(45-50)64-46-51(58-32-16-14-30-56(58)48-23-7-2-8-24-48)38-44-66(64)70(65)54-41-39-53(40-42-54)69(52-27-11-4-12-28-52)68-61-35-19-17-33-59(61)67(49-25-9-3-10-26-49)60-34-18-20-36-62(60)68;1-3-19-45(20-4-1)63-55-27-11-13-29-57(55)64(58-30-14-12-28-56(58)63)65(48-23-5-2-6-24-48)49-35-37-50(38-36-49)66-61-39-33-46(53-31-15-21-43-17-7-9-25-51(43)53)41-59(61)60-42-47(34-40-62(60)66)54-32-16-22-44-18-8-10-26-52(44)54/h1-46H;1-42H. The highest BCUT2D eigenvalue weighted by molar-refractivity contribution is 6.25. The van der Waals surface area contributed by atoms with Crippen LogP contribution in [0.5, 0.6) is 0 Å². The number of nitrogens with zero attached hydrogens (tertiary/aromatic N) is 4. The van der Waals surface area contributed by atoms with Gasteiger partial charge in [0.2, 0.25) is 0 Å². The summed E-state index contributed by atoms with van der Waals surface area (Å²) in [4.78, 5) is 4.89. The Morgan fingerprint density at radius 2 is 0.353 bits per heavy atom. The van der Waals surface area contributed by atoms with E-state index in [1.165, 1.54) is 192 Å². The Hall–Kier alpha value is -18.0. The largest absolute Gasteiger partial charge is 0.309 e. The minimum Gasteiger partial charge on any atom is -0.309 e. The molecule has 2 heterocycles. The zero-order chi connectivity index (χ0) is 89.9. The average molecular weight is 1730 g/mol. The van der Waals surface area contributed by atoms with Crippen molar-refractivity contribution in [3.63, 3.8) is 0 Å².